The zero-order chi connectivity index (χ0) is 24.1. The molecule has 1 N–H and O–H groups in total. The van der Waals surface area contributed by atoms with Crippen LogP contribution in [-0.4, -0.2) is 79.6 Å². The first-order chi connectivity index (χ1) is 16.4. The molecule has 4 rings (SSSR count). The number of nitrogens with one attached hydrogen (secondary N) is 1. The lowest BCUT2D eigenvalue weighted by molar-refractivity contribution is -0.144. The minimum Gasteiger partial charge on any atom is -0.497 e. The van der Waals surface area contributed by atoms with Crippen molar-refractivity contribution in [3.8, 4) is 5.75 Å². The van der Waals surface area contributed by atoms with Crippen molar-refractivity contribution >= 4 is 17.7 Å². The van der Waals surface area contributed by atoms with Crippen LogP contribution in [0.5, 0.6) is 5.75 Å². The quantitative estimate of drug-likeness (QED) is 0.651. The monoisotopic (exact) mass is 475 g/mol. The van der Waals surface area contributed by atoms with Gasteiger partial charge in [-0.05, 0) is 55.9 Å². The van der Waals surface area contributed by atoms with Gasteiger partial charge in [-0.25, -0.2) is 4.39 Å². The van der Waals surface area contributed by atoms with Gasteiger partial charge in [-0.15, -0.1) is 0 Å². The molecular formula is C25H34FN3O5. The summed E-state index contributed by atoms with van der Waals surface area (Å²) in [4.78, 5) is 41.7. The van der Waals surface area contributed by atoms with Crippen molar-refractivity contribution in [2.75, 3.05) is 46.5 Å². The van der Waals surface area contributed by atoms with E-state index in [1.165, 1.54) is 13.2 Å². The molecule has 0 aliphatic carbocycles. The first kappa shape index (κ1) is 24.4. The average molecular weight is 476 g/mol. The standard InChI is InChI=1S/C25H34FN3O5/c1-33-20-4-5-21(26)19(15-20)16-25(8-6-22(30)27-25)9-7-23(31)29-10-2-3-18(17-29)24(32)28-11-13-34-14-12-28/h4-5,15,18H,2-3,6-14,16-17H2,1H3,(H,27,30)/t18-,25-/m0/s1. The normalized spacial score (nSPS) is 25.2. The lowest BCUT2D eigenvalue weighted by Crippen LogP contribution is -2.50. The van der Waals surface area contributed by atoms with Crippen LogP contribution in [0.4, 0.5) is 4.39 Å². The van der Waals surface area contributed by atoms with Crippen LogP contribution in [0.25, 0.3) is 0 Å². The van der Waals surface area contributed by atoms with Crippen LogP contribution in [-0.2, 0) is 25.5 Å². The number of morpholine rings is 1. The van der Waals surface area contributed by atoms with Gasteiger partial charge in [-0.3, -0.25) is 14.4 Å². The van der Waals surface area contributed by atoms with Crippen molar-refractivity contribution in [2.45, 2.75) is 50.5 Å². The maximum Gasteiger partial charge on any atom is 0.227 e. The second-order valence-electron chi connectivity index (χ2n) is 9.58. The molecule has 0 bridgehead atoms. The fraction of sp³-hybridized carbons (Fsp3) is 0.640. The van der Waals surface area contributed by atoms with Crippen LogP contribution in [0, 0.1) is 11.7 Å². The van der Waals surface area contributed by atoms with Crippen LogP contribution in [0.15, 0.2) is 18.2 Å². The number of carbonyl (C=O) groups excluding carboxylic acids is 3. The predicted molar refractivity (Wildman–Crippen MR) is 123 cm³/mol. The van der Waals surface area contributed by atoms with E-state index in [9.17, 15) is 18.8 Å². The highest BCUT2D eigenvalue weighted by Gasteiger charge is 2.39. The summed E-state index contributed by atoms with van der Waals surface area (Å²) >= 11 is 0. The van der Waals surface area contributed by atoms with Gasteiger partial charge in [0.15, 0.2) is 0 Å². The largest absolute Gasteiger partial charge is 0.497 e. The zero-order valence-corrected chi connectivity index (χ0v) is 19.8. The van der Waals surface area contributed by atoms with E-state index in [1.54, 1.807) is 17.0 Å². The van der Waals surface area contributed by atoms with E-state index in [-0.39, 0.29) is 35.9 Å². The SMILES string of the molecule is COc1ccc(F)c(C[C@@]2(CCC(=O)N3CCC[C@H](C(=O)N4CCOCC4)C3)CCC(=O)N2)c1. The summed E-state index contributed by atoms with van der Waals surface area (Å²) in [6.07, 6.45) is 3.45. The number of benzene rings is 1. The van der Waals surface area contributed by atoms with Gasteiger partial charge < -0.3 is 24.6 Å². The van der Waals surface area contributed by atoms with Crippen LogP contribution in [0.3, 0.4) is 0 Å². The molecular weight excluding hydrogens is 441 g/mol. The third-order valence-corrected chi connectivity index (χ3v) is 7.28. The van der Waals surface area contributed by atoms with E-state index in [1.807, 2.05) is 4.90 Å². The Balaban J connectivity index is 1.38. The number of halogens is 1. The highest BCUT2D eigenvalue weighted by Crippen LogP contribution is 2.32. The molecule has 0 spiro atoms. The Bertz CT molecular complexity index is 920. The Morgan fingerprint density at radius 1 is 1.24 bits per heavy atom. The zero-order valence-electron chi connectivity index (χ0n) is 19.8. The number of rotatable bonds is 7. The minimum absolute atomic E-state index is 0.0221. The van der Waals surface area contributed by atoms with E-state index >= 15 is 0 Å². The lowest BCUT2D eigenvalue weighted by Gasteiger charge is -2.37. The number of methoxy groups -OCH3 is 1. The molecule has 0 radical (unpaired) electrons. The molecule has 2 atom stereocenters. The topological polar surface area (TPSA) is 88.2 Å². The summed E-state index contributed by atoms with van der Waals surface area (Å²) in [5, 5.41) is 3.02. The molecule has 3 fully saturated rings. The van der Waals surface area contributed by atoms with Crippen LogP contribution < -0.4 is 10.1 Å². The van der Waals surface area contributed by atoms with Gasteiger partial charge in [0.1, 0.15) is 11.6 Å². The van der Waals surface area contributed by atoms with E-state index in [0.717, 1.165) is 12.8 Å². The predicted octanol–water partition coefficient (Wildman–Crippen LogP) is 1.90. The Labute approximate surface area is 199 Å². The first-order valence-corrected chi connectivity index (χ1v) is 12.2. The van der Waals surface area contributed by atoms with Crippen LogP contribution in [0.2, 0.25) is 0 Å². The number of hydrogen-bond donors (Lipinski definition) is 1. The lowest BCUT2D eigenvalue weighted by atomic mass is 9.84. The van der Waals surface area contributed by atoms with Crippen LogP contribution in [0.1, 0.15) is 44.1 Å². The number of hydrogen-bond acceptors (Lipinski definition) is 5. The number of nitrogens with zero attached hydrogens (tertiary/aromatic N) is 2. The molecule has 0 unspecified atom stereocenters. The van der Waals surface area contributed by atoms with Gasteiger partial charge in [0.25, 0.3) is 0 Å². The number of amides is 3. The van der Waals surface area contributed by atoms with Gasteiger partial charge in [0, 0.05) is 44.6 Å². The van der Waals surface area contributed by atoms with Gasteiger partial charge in [-0.1, -0.05) is 0 Å². The fourth-order valence-electron chi connectivity index (χ4n) is 5.31. The molecule has 3 amide bonds. The molecule has 3 saturated heterocycles. The molecule has 3 aliphatic rings. The Hall–Kier alpha value is -2.68. The van der Waals surface area contributed by atoms with Crippen LogP contribution >= 0.6 is 0 Å². The van der Waals surface area contributed by atoms with E-state index < -0.39 is 5.54 Å². The Morgan fingerprint density at radius 2 is 2.03 bits per heavy atom. The third-order valence-electron chi connectivity index (χ3n) is 7.28. The molecule has 9 heteroatoms. The molecule has 1 aromatic carbocycles. The van der Waals surface area contributed by atoms with Gasteiger partial charge in [-0.2, -0.15) is 0 Å². The van der Waals surface area contributed by atoms with Crippen molar-refractivity contribution in [3.05, 3.63) is 29.6 Å². The van der Waals surface area contributed by atoms with Crippen molar-refractivity contribution < 1.29 is 28.2 Å². The van der Waals surface area contributed by atoms with Crippen molar-refractivity contribution in [1.29, 1.82) is 0 Å². The highest BCUT2D eigenvalue weighted by molar-refractivity contribution is 5.82. The molecule has 1 aromatic rings. The van der Waals surface area contributed by atoms with Gasteiger partial charge in [0.05, 0.1) is 26.2 Å². The van der Waals surface area contributed by atoms with Crippen molar-refractivity contribution in [2.24, 2.45) is 5.92 Å². The highest BCUT2D eigenvalue weighted by atomic mass is 19.1. The third kappa shape index (κ3) is 5.68. The molecule has 8 nitrogen and oxygen atoms in total. The second-order valence-corrected chi connectivity index (χ2v) is 9.58. The molecule has 3 heterocycles. The van der Waals surface area contributed by atoms with Crippen molar-refractivity contribution in [1.82, 2.24) is 15.1 Å². The van der Waals surface area contributed by atoms with E-state index in [0.29, 0.717) is 76.4 Å². The Morgan fingerprint density at radius 3 is 2.74 bits per heavy atom. The van der Waals surface area contributed by atoms with Gasteiger partial charge >= 0.3 is 0 Å². The summed E-state index contributed by atoms with van der Waals surface area (Å²) in [6, 6.07) is 4.58. The van der Waals surface area contributed by atoms with Crippen molar-refractivity contribution in [3.63, 3.8) is 0 Å². The smallest absolute Gasteiger partial charge is 0.227 e. The number of ether oxygens (including phenoxy) is 2. The summed E-state index contributed by atoms with van der Waals surface area (Å²) in [7, 11) is 1.53. The summed E-state index contributed by atoms with van der Waals surface area (Å²) in [6.45, 7) is 3.39. The number of likely N-dealkylation sites (tertiary alicyclic amines) is 1. The maximum absolute atomic E-state index is 14.5. The minimum atomic E-state index is -0.668. The van der Waals surface area contributed by atoms with E-state index in [4.69, 9.17) is 9.47 Å². The average Bonchev–Trinajstić information content (AvgIpc) is 3.24. The van der Waals surface area contributed by atoms with E-state index in [2.05, 4.69) is 5.32 Å². The maximum atomic E-state index is 14.5. The molecule has 3 aliphatic heterocycles. The number of piperidine rings is 1. The summed E-state index contributed by atoms with van der Waals surface area (Å²) in [5.74, 6) is 0.0241. The summed E-state index contributed by atoms with van der Waals surface area (Å²) in [5.41, 5.74) is -0.207. The fourth-order valence-corrected chi connectivity index (χ4v) is 5.31. The molecule has 0 saturated carbocycles. The number of carbonyl (C=O) groups is 3. The molecule has 34 heavy (non-hydrogen) atoms. The summed E-state index contributed by atoms with van der Waals surface area (Å²) < 4.78 is 25.1. The molecule has 0 aromatic heterocycles. The Kier molecular flexibility index (Phi) is 7.70. The van der Waals surface area contributed by atoms with Gasteiger partial charge in [0.2, 0.25) is 17.7 Å². The second kappa shape index (κ2) is 10.7. The first-order valence-electron chi connectivity index (χ1n) is 12.2. The molecule has 186 valence electrons.